The first kappa shape index (κ1) is 18.8. The number of piperidine rings is 1. The van der Waals surface area contributed by atoms with E-state index in [0.717, 1.165) is 52.2 Å². The molecule has 1 atom stereocenters. The summed E-state index contributed by atoms with van der Waals surface area (Å²) in [6.07, 6.45) is 2.14. The molecule has 2 aliphatic rings. The number of hydrogen-bond donors (Lipinski definition) is 0. The summed E-state index contributed by atoms with van der Waals surface area (Å²) in [6, 6.07) is 2.22. The molecule has 1 aromatic heterocycles. The van der Waals surface area contributed by atoms with Crippen molar-refractivity contribution in [3.8, 4) is 0 Å². The van der Waals surface area contributed by atoms with Gasteiger partial charge in [-0.15, -0.1) is 0 Å². The van der Waals surface area contributed by atoms with Crippen molar-refractivity contribution in [2.24, 2.45) is 11.3 Å². The highest BCUT2D eigenvalue weighted by atomic mass is 32.1. The fourth-order valence-electron chi connectivity index (χ4n) is 4.38. The van der Waals surface area contributed by atoms with Crippen molar-refractivity contribution < 1.29 is 14.3 Å². The number of carbonyl (C=O) groups is 1. The van der Waals surface area contributed by atoms with Crippen molar-refractivity contribution >= 4 is 17.2 Å². The van der Waals surface area contributed by atoms with E-state index in [1.807, 2.05) is 11.8 Å². The lowest BCUT2D eigenvalue weighted by Gasteiger charge is -2.42. The van der Waals surface area contributed by atoms with Crippen LogP contribution in [-0.2, 0) is 20.8 Å². The minimum absolute atomic E-state index is 0.133. The summed E-state index contributed by atoms with van der Waals surface area (Å²) in [5, 5.41) is 4.39. The average Bonchev–Trinajstić information content (AvgIpc) is 3.23. The molecular formula is C19H30N2O3S. The van der Waals surface area contributed by atoms with Gasteiger partial charge in [0.1, 0.15) is 6.61 Å². The monoisotopic (exact) mass is 366 g/mol. The molecule has 6 heteroatoms. The second kappa shape index (κ2) is 8.62. The number of amides is 1. The van der Waals surface area contributed by atoms with Gasteiger partial charge in [-0.1, -0.05) is 0 Å². The molecule has 0 aromatic carbocycles. The average molecular weight is 367 g/mol. The highest BCUT2D eigenvalue weighted by Crippen LogP contribution is 2.45. The zero-order valence-corrected chi connectivity index (χ0v) is 16.2. The Hall–Kier alpha value is -0.950. The third-order valence-corrected chi connectivity index (χ3v) is 6.51. The first-order valence-electron chi connectivity index (χ1n) is 9.25. The SMILES string of the molecule is CCOCC(=O)N1CCC2(CC1)CN(Cc1ccsc1)C[C@@H]2COC. The maximum absolute atomic E-state index is 12.2. The van der Waals surface area contributed by atoms with Gasteiger partial charge in [0.15, 0.2) is 0 Å². The quantitative estimate of drug-likeness (QED) is 0.743. The van der Waals surface area contributed by atoms with Crippen LogP contribution in [0.4, 0.5) is 0 Å². The number of ether oxygens (including phenoxy) is 2. The maximum Gasteiger partial charge on any atom is 0.248 e. The molecule has 0 bridgehead atoms. The van der Waals surface area contributed by atoms with Gasteiger partial charge in [0.05, 0.1) is 6.61 Å². The highest BCUT2D eigenvalue weighted by Gasteiger charge is 2.48. The van der Waals surface area contributed by atoms with Crippen LogP contribution in [0.2, 0.25) is 0 Å². The van der Waals surface area contributed by atoms with Gasteiger partial charge in [-0.2, -0.15) is 11.3 Å². The third kappa shape index (κ3) is 4.42. The predicted molar refractivity (Wildman–Crippen MR) is 99.7 cm³/mol. The van der Waals surface area contributed by atoms with Crippen LogP contribution in [0.1, 0.15) is 25.3 Å². The largest absolute Gasteiger partial charge is 0.384 e. The first-order chi connectivity index (χ1) is 12.2. The Morgan fingerprint density at radius 2 is 2.20 bits per heavy atom. The van der Waals surface area contributed by atoms with Gasteiger partial charge in [0.2, 0.25) is 5.91 Å². The molecule has 2 fully saturated rings. The van der Waals surface area contributed by atoms with Gasteiger partial charge < -0.3 is 14.4 Å². The van der Waals surface area contributed by atoms with Crippen LogP contribution >= 0.6 is 11.3 Å². The molecular weight excluding hydrogens is 336 g/mol. The second-order valence-corrected chi connectivity index (χ2v) is 8.11. The number of rotatable bonds is 7. The summed E-state index contributed by atoms with van der Waals surface area (Å²) in [5.74, 6) is 0.688. The van der Waals surface area contributed by atoms with Gasteiger partial charge in [0.25, 0.3) is 0 Å². The molecule has 2 saturated heterocycles. The minimum Gasteiger partial charge on any atom is -0.384 e. The Kier molecular flexibility index (Phi) is 6.49. The molecule has 0 aliphatic carbocycles. The van der Waals surface area contributed by atoms with Crippen LogP contribution in [-0.4, -0.2) is 68.8 Å². The Bertz CT molecular complexity index is 541. The van der Waals surface area contributed by atoms with Gasteiger partial charge >= 0.3 is 0 Å². The summed E-state index contributed by atoms with van der Waals surface area (Å²) >= 11 is 1.76. The van der Waals surface area contributed by atoms with Crippen molar-refractivity contribution in [3.63, 3.8) is 0 Å². The van der Waals surface area contributed by atoms with E-state index in [0.29, 0.717) is 12.5 Å². The molecule has 3 rings (SSSR count). The van der Waals surface area contributed by atoms with Crippen LogP contribution in [0, 0.1) is 11.3 Å². The summed E-state index contributed by atoms with van der Waals surface area (Å²) in [6.45, 7) is 8.48. The maximum atomic E-state index is 12.2. The molecule has 25 heavy (non-hydrogen) atoms. The summed E-state index contributed by atoms with van der Waals surface area (Å²) in [7, 11) is 1.80. The number of likely N-dealkylation sites (tertiary alicyclic amines) is 2. The van der Waals surface area contributed by atoms with Gasteiger partial charge in [0, 0.05) is 52.4 Å². The molecule has 0 saturated carbocycles. The third-order valence-electron chi connectivity index (χ3n) is 5.78. The van der Waals surface area contributed by atoms with Gasteiger partial charge in [-0.05, 0) is 47.6 Å². The van der Waals surface area contributed by atoms with E-state index in [1.54, 1.807) is 18.4 Å². The van der Waals surface area contributed by atoms with E-state index in [-0.39, 0.29) is 17.9 Å². The van der Waals surface area contributed by atoms with Gasteiger partial charge in [-0.3, -0.25) is 9.69 Å². The van der Waals surface area contributed by atoms with Crippen molar-refractivity contribution in [1.29, 1.82) is 0 Å². The fraction of sp³-hybridized carbons (Fsp3) is 0.737. The molecule has 0 N–H and O–H groups in total. The summed E-state index contributed by atoms with van der Waals surface area (Å²) < 4.78 is 10.8. The van der Waals surface area contributed by atoms with Crippen molar-refractivity contribution in [3.05, 3.63) is 22.4 Å². The number of nitrogens with zero attached hydrogens (tertiary/aromatic N) is 2. The lowest BCUT2D eigenvalue weighted by atomic mass is 9.71. The molecule has 3 heterocycles. The molecule has 1 spiro atoms. The van der Waals surface area contributed by atoms with Crippen molar-refractivity contribution in [2.75, 3.05) is 53.1 Å². The number of methoxy groups -OCH3 is 1. The topological polar surface area (TPSA) is 42.0 Å². The van der Waals surface area contributed by atoms with Crippen LogP contribution < -0.4 is 0 Å². The van der Waals surface area contributed by atoms with E-state index >= 15 is 0 Å². The van der Waals surface area contributed by atoms with Crippen LogP contribution in [0.25, 0.3) is 0 Å². The molecule has 0 radical (unpaired) electrons. The molecule has 140 valence electrons. The van der Waals surface area contributed by atoms with Crippen molar-refractivity contribution in [2.45, 2.75) is 26.3 Å². The van der Waals surface area contributed by atoms with E-state index in [2.05, 4.69) is 21.7 Å². The Morgan fingerprint density at radius 1 is 1.40 bits per heavy atom. The number of carbonyl (C=O) groups excluding carboxylic acids is 1. The van der Waals surface area contributed by atoms with Gasteiger partial charge in [-0.25, -0.2) is 0 Å². The van der Waals surface area contributed by atoms with E-state index in [4.69, 9.17) is 9.47 Å². The van der Waals surface area contributed by atoms with E-state index in [1.165, 1.54) is 5.56 Å². The Morgan fingerprint density at radius 3 is 2.84 bits per heavy atom. The Balaban J connectivity index is 1.60. The number of hydrogen-bond acceptors (Lipinski definition) is 5. The molecule has 2 aliphatic heterocycles. The number of thiophene rings is 1. The zero-order valence-electron chi connectivity index (χ0n) is 15.4. The molecule has 0 unspecified atom stereocenters. The normalized spacial score (nSPS) is 23.4. The summed E-state index contributed by atoms with van der Waals surface area (Å²) in [4.78, 5) is 16.8. The second-order valence-electron chi connectivity index (χ2n) is 7.33. The zero-order chi connectivity index (χ0) is 17.7. The molecule has 1 aromatic rings. The van der Waals surface area contributed by atoms with E-state index in [9.17, 15) is 4.79 Å². The fourth-order valence-corrected chi connectivity index (χ4v) is 5.04. The smallest absolute Gasteiger partial charge is 0.248 e. The lowest BCUT2D eigenvalue weighted by Crippen LogP contribution is -2.48. The van der Waals surface area contributed by atoms with Crippen LogP contribution in [0.15, 0.2) is 16.8 Å². The first-order valence-corrected chi connectivity index (χ1v) is 10.2. The molecule has 1 amide bonds. The lowest BCUT2D eigenvalue weighted by molar-refractivity contribution is -0.138. The van der Waals surface area contributed by atoms with Crippen molar-refractivity contribution in [1.82, 2.24) is 9.80 Å². The minimum atomic E-state index is 0.133. The predicted octanol–water partition coefficient (Wildman–Crippen LogP) is 2.47. The Labute approximate surface area is 154 Å². The van der Waals surface area contributed by atoms with E-state index < -0.39 is 0 Å². The standard InChI is InChI=1S/C19H30N2O3S/c1-3-24-13-18(22)21-7-5-19(6-8-21)15-20(11-17(19)12-23-2)10-16-4-9-25-14-16/h4,9,14,17H,3,5-8,10-13,15H2,1-2H3/t17-/m1/s1. The molecule has 5 nitrogen and oxygen atoms in total. The van der Waals surface area contributed by atoms with Crippen LogP contribution in [0.3, 0.4) is 0 Å². The van der Waals surface area contributed by atoms with Crippen LogP contribution in [0.5, 0.6) is 0 Å². The highest BCUT2D eigenvalue weighted by molar-refractivity contribution is 7.07. The summed E-state index contributed by atoms with van der Waals surface area (Å²) in [5.41, 5.74) is 1.69.